The zero-order valence-electron chi connectivity index (χ0n) is 13.3. The average molecular weight is 305 g/mol. The molecule has 1 amide bonds. The van der Waals surface area contributed by atoms with Crippen molar-refractivity contribution in [1.82, 2.24) is 5.32 Å². The number of carbonyl (C=O) groups excluding carboxylic acids is 1. The molecule has 1 N–H and O–H groups in total. The van der Waals surface area contributed by atoms with Crippen molar-refractivity contribution in [2.45, 2.75) is 13.5 Å². The minimum absolute atomic E-state index is 0.0848. The summed E-state index contributed by atoms with van der Waals surface area (Å²) >= 11 is 0. The third-order valence-corrected chi connectivity index (χ3v) is 3.84. The molecular formula is C20H19NO2. The molecule has 0 aromatic heterocycles. The molecule has 116 valence electrons. The van der Waals surface area contributed by atoms with Crippen LogP contribution in [-0.2, 0) is 6.54 Å². The quantitative estimate of drug-likeness (QED) is 0.788. The van der Waals surface area contributed by atoms with Gasteiger partial charge in [-0.1, -0.05) is 42.5 Å². The molecule has 0 bridgehead atoms. The second kappa shape index (κ2) is 6.53. The summed E-state index contributed by atoms with van der Waals surface area (Å²) in [5.41, 5.74) is 2.85. The molecule has 3 rings (SSSR count). The fourth-order valence-corrected chi connectivity index (χ4v) is 2.66. The van der Waals surface area contributed by atoms with Crippen LogP contribution in [0.15, 0.2) is 60.7 Å². The standard InChI is InChI=1S/C20H19NO2/c1-14-10-16-8-9-17(12-18(16)19(11-14)23-2)20(22)21-13-15-6-4-3-5-7-15/h3-12H,13H2,1-2H3,(H,21,22). The maximum absolute atomic E-state index is 12.4. The summed E-state index contributed by atoms with van der Waals surface area (Å²) in [7, 11) is 1.65. The summed E-state index contributed by atoms with van der Waals surface area (Å²) in [5.74, 6) is 0.705. The first kappa shape index (κ1) is 15.1. The zero-order chi connectivity index (χ0) is 16.2. The van der Waals surface area contributed by atoms with Gasteiger partial charge < -0.3 is 10.1 Å². The van der Waals surface area contributed by atoms with Crippen molar-refractivity contribution in [3.05, 3.63) is 77.4 Å². The lowest BCUT2D eigenvalue weighted by atomic mass is 10.0. The Labute approximate surface area is 135 Å². The van der Waals surface area contributed by atoms with Crippen LogP contribution in [0.3, 0.4) is 0 Å². The number of fused-ring (bicyclic) bond motifs is 1. The molecule has 3 heteroatoms. The molecule has 23 heavy (non-hydrogen) atoms. The van der Waals surface area contributed by atoms with E-state index in [-0.39, 0.29) is 5.91 Å². The van der Waals surface area contributed by atoms with E-state index in [1.165, 1.54) is 0 Å². The van der Waals surface area contributed by atoms with Crippen molar-refractivity contribution >= 4 is 16.7 Å². The lowest BCUT2D eigenvalue weighted by Gasteiger charge is -2.10. The second-order valence-corrected chi connectivity index (χ2v) is 5.57. The van der Waals surface area contributed by atoms with Gasteiger partial charge in [-0.2, -0.15) is 0 Å². The van der Waals surface area contributed by atoms with E-state index in [0.717, 1.165) is 27.6 Å². The number of benzene rings is 3. The number of rotatable bonds is 4. The van der Waals surface area contributed by atoms with Crippen LogP contribution in [0.2, 0.25) is 0 Å². The van der Waals surface area contributed by atoms with Crippen LogP contribution >= 0.6 is 0 Å². The van der Waals surface area contributed by atoms with Crippen LogP contribution in [0.5, 0.6) is 5.75 Å². The molecule has 0 aliphatic rings. The van der Waals surface area contributed by atoms with E-state index in [9.17, 15) is 4.79 Å². The summed E-state index contributed by atoms with van der Waals surface area (Å²) in [6.07, 6.45) is 0. The first-order chi connectivity index (χ1) is 11.2. The van der Waals surface area contributed by atoms with Crippen LogP contribution in [0.25, 0.3) is 10.8 Å². The first-order valence-electron chi connectivity index (χ1n) is 7.58. The third-order valence-electron chi connectivity index (χ3n) is 3.84. The monoisotopic (exact) mass is 305 g/mol. The molecule has 3 aromatic rings. The van der Waals surface area contributed by atoms with Crippen LogP contribution in [0.4, 0.5) is 0 Å². The van der Waals surface area contributed by atoms with E-state index in [4.69, 9.17) is 4.74 Å². The number of amides is 1. The number of hydrogen-bond acceptors (Lipinski definition) is 2. The van der Waals surface area contributed by atoms with Crippen molar-refractivity contribution in [2.75, 3.05) is 7.11 Å². The highest BCUT2D eigenvalue weighted by Gasteiger charge is 2.09. The Hall–Kier alpha value is -2.81. The number of ether oxygens (including phenoxy) is 1. The number of nitrogens with one attached hydrogen (secondary N) is 1. The summed E-state index contributed by atoms with van der Waals surface area (Å²) in [6, 6.07) is 19.6. The fourth-order valence-electron chi connectivity index (χ4n) is 2.66. The van der Waals surface area contributed by atoms with Gasteiger partial charge in [0.25, 0.3) is 5.91 Å². The Bertz CT molecular complexity index is 841. The number of methoxy groups -OCH3 is 1. The number of aryl methyl sites for hydroxylation is 1. The van der Waals surface area contributed by atoms with Gasteiger partial charge in [-0.25, -0.2) is 0 Å². The van der Waals surface area contributed by atoms with E-state index in [0.29, 0.717) is 12.1 Å². The van der Waals surface area contributed by atoms with Crippen LogP contribution in [0.1, 0.15) is 21.5 Å². The highest BCUT2D eigenvalue weighted by molar-refractivity contribution is 6.00. The van der Waals surface area contributed by atoms with Gasteiger partial charge in [0.15, 0.2) is 0 Å². The molecule has 0 aliphatic heterocycles. The lowest BCUT2D eigenvalue weighted by molar-refractivity contribution is 0.0951. The average Bonchev–Trinajstić information content (AvgIpc) is 2.59. The van der Waals surface area contributed by atoms with Gasteiger partial charge in [0.05, 0.1) is 7.11 Å². The third kappa shape index (κ3) is 3.34. The van der Waals surface area contributed by atoms with Crippen molar-refractivity contribution < 1.29 is 9.53 Å². The first-order valence-corrected chi connectivity index (χ1v) is 7.58. The van der Waals surface area contributed by atoms with Gasteiger partial charge >= 0.3 is 0 Å². The summed E-state index contributed by atoms with van der Waals surface area (Å²) in [6.45, 7) is 2.55. The molecule has 0 atom stereocenters. The molecule has 0 unspecified atom stereocenters. The Balaban J connectivity index is 1.85. The van der Waals surface area contributed by atoms with Crippen molar-refractivity contribution in [2.24, 2.45) is 0 Å². The van der Waals surface area contributed by atoms with E-state index < -0.39 is 0 Å². The Kier molecular flexibility index (Phi) is 4.29. The van der Waals surface area contributed by atoms with E-state index in [1.54, 1.807) is 7.11 Å². The Morgan fingerprint density at radius 2 is 1.83 bits per heavy atom. The number of carbonyl (C=O) groups is 1. The predicted octanol–water partition coefficient (Wildman–Crippen LogP) is 4.09. The van der Waals surface area contributed by atoms with Gasteiger partial charge in [0.1, 0.15) is 5.75 Å². The van der Waals surface area contributed by atoms with Crippen LogP contribution < -0.4 is 10.1 Å². The van der Waals surface area contributed by atoms with E-state index >= 15 is 0 Å². The van der Waals surface area contributed by atoms with Gasteiger partial charge in [-0.3, -0.25) is 4.79 Å². The molecule has 0 saturated carbocycles. The zero-order valence-corrected chi connectivity index (χ0v) is 13.3. The fraction of sp³-hybridized carbons (Fsp3) is 0.150. The van der Waals surface area contributed by atoms with E-state index in [2.05, 4.69) is 11.4 Å². The SMILES string of the molecule is COc1cc(C)cc2ccc(C(=O)NCc3ccccc3)cc12. The second-order valence-electron chi connectivity index (χ2n) is 5.57. The minimum Gasteiger partial charge on any atom is -0.496 e. The summed E-state index contributed by atoms with van der Waals surface area (Å²) in [4.78, 5) is 12.4. The molecule has 0 fully saturated rings. The molecule has 0 saturated heterocycles. The lowest BCUT2D eigenvalue weighted by Crippen LogP contribution is -2.22. The van der Waals surface area contributed by atoms with Gasteiger partial charge in [0, 0.05) is 17.5 Å². The number of hydrogen-bond donors (Lipinski definition) is 1. The molecule has 0 spiro atoms. The topological polar surface area (TPSA) is 38.3 Å². The van der Waals surface area contributed by atoms with E-state index in [1.807, 2.05) is 61.5 Å². The summed E-state index contributed by atoms with van der Waals surface area (Å²) < 4.78 is 5.44. The maximum Gasteiger partial charge on any atom is 0.251 e. The molecule has 0 heterocycles. The Morgan fingerprint density at radius 3 is 2.57 bits per heavy atom. The molecular weight excluding hydrogens is 286 g/mol. The Morgan fingerprint density at radius 1 is 1.04 bits per heavy atom. The van der Waals surface area contributed by atoms with Gasteiger partial charge in [-0.15, -0.1) is 0 Å². The molecule has 0 radical (unpaired) electrons. The highest BCUT2D eigenvalue weighted by Crippen LogP contribution is 2.28. The molecule has 0 aliphatic carbocycles. The highest BCUT2D eigenvalue weighted by atomic mass is 16.5. The van der Waals surface area contributed by atoms with Crippen molar-refractivity contribution in [3.63, 3.8) is 0 Å². The molecule has 3 nitrogen and oxygen atoms in total. The van der Waals surface area contributed by atoms with Gasteiger partial charge in [-0.05, 0) is 41.6 Å². The van der Waals surface area contributed by atoms with Crippen molar-refractivity contribution in [1.29, 1.82) is 0 Å². The van der Waals surface area contributed by atoms with Gasteiger partial charge in [0.2, 0.25) is 0 Å². The minimum atomic E-state index is -0.0848. The normalized spacial score (nSPS) is 10.5. The summed E-state index contributed by atoms with van der Waals surface area (Å²) in [5, 5.41) is 4.97. The largest absolute Gasteiger partial charge is 0.496 e. The smallest absolute Gasteiger partial charge is 0.251 e. The van der Waals surface area contributed by atoms with Crippen LogP contribution in [0, 0.1) is 6.92 Å². The molecule has 3 aromatic carbocycles. The van der Waals surface area contributed by atoms with Crippen LogP contribution in [-0.4, -0.2) is 13.0 Å². The van der Waals surface area contributed by atoms with Crippen molar-refractivity contribution in [3.8, 4) is 5.75 Å². The predicted molar refractivity (Wildman–Crippen MR) is 92.8 cm³/mol. The maximum atomic E-state index is 12.4.